The molecule has 0 spiro atoms. The van der Waals surface area contributed by atoms with Gasteiger partial charge < -0.3 is 19.6 Å². The highest BCUT2D eigenvalue weighted by molar-refractivity contribution is 7.82. The topological polar surface area (TPSA) is 165 Å². The second-order valence-electron chi connectivity index (χ2n) is 7.29. The number of halogens is 1. The summed E-state index contributed by atoms with van der Waals surface area (Å²) in [5.74, 6) is -0.421. The van der Waals surface area contributed by atoms with E-state index < -0.39 is 59.9 Å². The first kappa shape index (κ1) is 32.4. The molecule has 0 saturated carbocycles. The average Bonchev–Trinajstić information content (AvgIpc) is 2.72. The Morgan fingerprint density at radius 1 is 0.833 bits per heavy atom. The van der Waals surface area contributed by atoms with Gasteiger partial charge in [-0.25, -0.2) is 4.39 Å². The van der Waals surface area contributed by atoms with Crippen molar-refractivity contribution in [3.63, 3.8) is 0 Å². The van der Waals surface area contributed by atoms with Crippen LogP contribution in [0.15, 0.2) is 42.6 Å². The monoisotopic (exact) mass is 623 g/mol. The SMILES string of the molecule is CP(O)OP(=O)(OP(C)O)C(CCc1ncccc1-c1ccc(F)cc1)P(=O)(OP(C)O)OP(C)O. The van der Waals surface area contributed by atoms with Gasteiger partial charge in [0.2, 0.25) is 0 Å². The number of hydrogen-bond acceptors (Lipinski definition) is 11. The van der Waals surface area contributed by atoms with Gasteiger partial charge in [-0.2, -0.15) is 0 Å². The van der Waals surface area contributed by atoms with Crippen molar-refractivity contribution >= 4 is 48.7 Å². The number of pyridine rings is 1. The summed E-state index contributed by atoms with van der Waals surface area (Å²) in [6, 6.07) is 9.09. The van der Waals surface area contributed by atoms with Crippen molar-refractivity contribution < 1.29 is 50.3 Å². The van der Waals surface area contributed by atoms with E-state index in [9.17, 15) is 33.1 Å². The average molecular weight is 623 g/mol. The third-order valence-corrected chi connectivity index (χ3v) is 15.4. The van der Waals surface area contributed by atoms with Crippen molar-refractivity contribution in [1.29, 1.82) is 0 Å². The zero-order chi connectivity index (χ0) is 27.1. The van der Waals surface area contributed by atoms with Crippen LogP contribution in [0.25, 0.3) is 11.1 Å². The Kier molecular flexibility index (Phi) is 13.1. The molecule has 4 unspecified atom stereocenters. The zero-order valence-corrected chi connectivity index (χ0v) is 25.1. The molecule has 0 aliphatic rings. The van der Waals surface area contributed by atoms with Gasteiger partial charge >= 0.3 is 15.2 Å². The Hall–Kier alpha value is 0.160. The van der Waals surface area contributed by atoms with Crippen LogP contribution in [-0.4, -0.2) is 56.6 Å². The molecule has 36 heavy (non-hydrogen) atoms. The number of nitrogens with zero attached hydrogens (tertiary/aromatic N) is 1. The Labute approximate surface area is 214 Å². The van der Waals surface area contributed by atoms with Crippen LogP contribution in [0.1, 0.15) is 12.1 Å². The fraction of sp³-hybridized carbons (Fsp3) is 0.389. The van der Waals surface area contributed by atoms with E-state index in [4.69, 9.17) is 17.2 Å². The Morgan fingerprint density at radius 3 is 1.69 bits per heavy atom. The number of hydrogen-bond donors (Lipinski definition) is 4. The van der Waals surface area contributed by atoms with E-state index in [0.29, 0.717) is 16.8 Å². The first-order valence-corrected chi connectivity index (χ1v) is 20.0. The molecule has 11 nitrogen and oxygen atoms in total. The van der Waals surface area contributed by atoms with E-state index in [1.165, 1.54) is 45.0 Å². The molecule has 1 aromatic carbocycles. The Bertz CT molecular complexity index is 1010. The molecule has 4 N–H and O–H groups in total. The summed E-state index contributed by atoms with van der Waals surface area (Å²) in [5.41, 5.74) is 1.70. The Morgan fingerprint density at radius 2 is 1.28 bits per heavy atom. The van der Waals surface area contributed by atoms with Crippen LogP contribution < -0.4 is 0 Å². The maximum Gasteiger partial charge on any atom is 0.356 e. The molecule has 0 aliphatic heterocycles. The molecule has 202 valence electrons. The highest BCUT2D eigenvalue weighted by atomic mass is 31.3. The van der Waals surface area contributed by atoms with Crippen LogP contribution >= 0.6 is 48.7 Å². The predicted octanol–water partition coefficient (Wildman–Crippen LogP) is 6.34. The standard InChI is InChI=1S/C18H28FNO10P6/c1-31(21)27-35(25,28-32(2)22)18(36(26,29-33(3)23)30-34(4)24)12-11-17-16(6-5-13-20-17)14-7-9-15(19)10-8-14/h5-10,13,18,21-24H,11-12H2,1-4H3. The van der Waals surface area contributed by atoms with Crippen molar-refractivity contribution in [3.05, 3.63) is 54.1 Å². The Balaban J connectivity index is 2.57. The van der Waals surface area contributed by atoms with Crippen LogP contribution in [0.3, 0.4) is 0 Å². The summed E-state index contributed by atoms with van der Waals surface area (Å²) in [7, 11) is -18.6. The smallest absolute Gasteiger partial charge is 0.350 e. The maximum atomic E-state index is 13.9. The van der Waals surface area contributed by atoms with Crippen molar-refractivity contribution in [2.45, 2.75) is 18.2 Å². The molecule has 0 radical (unpaired) electrons. The molecule has 0 fully saturated rings. The van der Waals surface area contributed by atoms with Crippen LogP contribution in [0.2, 0.25) is 0 Å². The van der Waals surface area contributed by atoms with E-state index in [1.807, 2.05) is 0 Å². The minimum atomic E-state index is -4.64. The van der Waals surface area contributed by atoms with Crippen molar-refractivity contribution in [2.24, 2.45) is 0 Å². The summed E-state index contributed by atoms with van der Waals surface area (Å²) >= 11 is 0. The summed E-state index contributed by atoms with van der Waals surface area (Å²) in [6.07, 6.45) is 1.21. The minimum Gasteiger partial charge on any atom is -0.350 e. The van der Waals surface area contributed by atoms with Gasteiger partial charge in [-0.15, -0.1) is 0 Å². The molecule has 2 rings (SSSR count). The van der Waals surface area contributed by atoms with E-state index in [0.717, 1.165) is 0 Å². The van der Waals surface area contributed by atoms with Gasteiger partial charge in [0.05, 0.1) is 0 Å². The van der Waals surface area contributed by atoms with Crippen LogP contribution in [0.4, 0.5) is 4.39 Å². The van der Waals surface area contributed by atoms with Crippen LogP contribution in [-0.2, 0) is 32.8 Å². The molecule has 4 atom stereocenters. The van der Waals surface area contributed by atoms with Crippen LogP contribution in [0, 0.1) is 5.82 Å². The number of aromatic nitrogens is 1. The summed E-state index contributed by atoms with van der Waals surface area (Å²) in [5, 5.41) is -1.75. The fourth-order valence-corrected chi connectivity index (χ4v) is 14.8. The molecule has 1 aromatic heterocycles. The lowest BCUT2D eigenvalue weighted by Gasteiger charge is -2.33. The number of aryl methyl sites for hydroxylation is 1. The maximum absolute atomic E-state index is 13.9. The third-order valence-electron chi connectivity index (χ3n) is 4.34. The van der Waals surface area contributed by atoms with Gasteiger partial charge in [-0.3, -0.25) is 31.4 Å². The minimum absolute atomic E-state index is 0.00802. The largest absolute Gasteiger partial charge is 0.356 e. The lowest BCUT2D eigenvalue weighted by atomic mass is 10.0. The molecule has 0 bridgehead atoms. The van der Waals surface area contributed by atoms with Crippen LogP contribution in [0.5, 0.6) is 0 Å². The van der Waals surface area contributed by atoms with E-state index in [2.05, 4.69) is 4.98 Å². The lowest BCUT2D eigenvalue weighted by molar-refractivity contribution is 0.347. The van der Waals surface area contributed by atoms with Crippen molar-refractivity contribution in [2.75, 3.05) is 26.7 Å². The van der Waals surface area contributed by atoms with E-state index in [1.54, 1.807) is 24.3 Å². The van der Waals surface area contributed by atoms with Gasteiger partial charge in [0.1, 0.15) is 5.82 Å². The van der Waals surface area contributed by atoms with E-state index >= 15 is 0 Å². The number of rotatable bonds is 14. The molecule has 1 heterocycles. The lowest BCUT2D eigenvalue weighted by Crippen LogP contribution is -2.16. The zero-order valence-electron chi connectivity index (χ0n) is 19.8. The van der Waals surface area contributed by atoms with E-state index in [-0.39, 0.29) is 12.8 Å². The second kappa shape index (κ2) is 14.5. The van der Waals surface area contributed by atoms with Gasteiger partial charge in [0, 0.05) is 44.1 Å². The van der Waals surface area contributed by atoms with Gasteiger partial charge in [0.25, 0.3) is 0 Å². The molecular formula is C18H28FNO10P6. The first-order valence-electron chi connectivity index (χ1n) is 10.1. The van der Waals surface area contributed by atoms with Crippen molar-refractivity contribution in [3.8, 4) is 11.1 Å². The normalized spacial score (nSPS) is 19.5. The summed E-state index contributed by atoms with van der Waals surface area (Å²) in [6.45, 7) is 4.81. The summed E-state index contributed by atoms with van der Waals surface area (Å²) < 4.78 is 62.0. The highest BCUT2D eigenvalue weighted by Crippen LogP contribution is 2.80. The highest BCUT2D eigenvalue weighted by Gasteiger charge is 2.54. The molecule has 0 saturated heterocycles. The molecule has 0 aliphatic carbocycles. The third kappa shape index (κ3) is 9.72. The predicted molar refractivity (Wildman–Crippen MR) is 142 cm³/mol. The molecular weight excluding hydrogens is 595 g/mol. The first-order chi connectivity index (χ1) is 16.8. The van der Waals surface area contributed by atoms with Crippen molar-refractivity contribution in [1.82, 2.24) is 4.98 Å². The molecule has 0 amide bonds. The fourth-order valence-electron chi connectivity index (χ4n) is 3.19. The summed E-state index contributed by atoms with van der Waals surface area (Å²) in [4.78, 5) is 43.9. The van der Waals surface area contributed by atoms with Gasteiger partial charge in [-0.1, -0.05) is 18.2 Å². The number of benzene rings is 1. The van der Waals surface area contributed by atoms with Gasteiger partial charge in [-0.05, 0) is 36.6 Å². The van der Waals surface area contributed by atoms with Gasteiger partial charge in [0.15, 0.2) is 38.9 Å². The second-order valence-corrected chi connectivity index (χ2v) is 17.4. The molecule has 18 heteroatoms. The molecule has 2 aromatic rings. The quantitative estimate of drug-likeness (QED) is 0.174.